The quantitative estimate of drug-likeness (QED) is 0.376. The Balaban J connectivity index is 1.78. The molecular weight excluding hydrogens is 552 g/mol. The highest BCUT2D eigenvalue weighted by Crippen LogP contribution is 2.37. The van der Waals surface area contributed by atoms with E-state index in [1.807, 2.05) is 0 Å². The Kier molecular flexibility index (Phi) is 6.82. The summed E-state index contributed by atoms with van der Waals surface area (Å²) in [6.45, 7) is 1.25. The van der Waals surface area contributed by atoms with E-state index in [0.717, 1.165) is 6.07 Å². The summed E-state index contributed by atoms with van der Waals surface area (Å²) in [5.41, 5.74) is -0.995. The molecule has 14 heteroatoms. The van der Waals surface area contributed by atoms with E-state index in [4.69, 9.17) is 34.8 Å². The average Bonchev–Trinajstić information content (AvgIpc) is 3.51. The minimum Gasteiger partial charge on any atom is -0.266 e. The van der Waals surface area contributed by atoms with Gasteiger partial charge in [-0.15, -0.1) is 5.10 Å². The summed E-state index contributed by atoms with van der Waals surface area (Å²) in [5.74, 6) is -1.17. The molecule has 7 nitrogen and oxygen atoms in total. The summed E-state index contributed by atoms with van der Waals surface area (Å²) in [6.07, 6.45) is -3.47. The van der Waals surface area contributed by atoms with Gasteiger partial charge in [-0.3, -0.25) is 4.79 Å². The van der Waals surface area contributed by atoms with Gasteiger partial charge in [0.1, 0.15) is 4.90 Å². The van der Waals surface area contributed by atoms with Crippen LogP contribution in [0.4, 0.5) is 13.2 Å². The minimum absolute atomic E-state index is 0.126. The molecule has 35 heavy (non-hydrogen) atoms. The SMILES string of the molecule is Cc1c(C(=O)N(CC2CC2)S(=O)(=O)c2cc(C(F)(F)F)ccc2Cl)nnn1-c1ccc(Cl)cc1Cl. The molecule has 0 bridgehead atoms. The third-order valence-corrected chi connectivity index (χ3v) is 8.18. The number of hydrogen-bond donors (Lipinski definition) is 0. The van der Waals surface area contributed by atoms with Crippen LogP contribution in [0.15, 0.2) is 41.3 Å². The Bertz CT molecular complexity index is 1420. The molecule has 0 aliphatic heterocycles. The molecule has 1 aliphatic rings. The first-order chi connectivity index (χ1) is 16.3. The van der Waals surface area contributed by atoms with Gasteiger partial charge in [0.05, 0.1) is 27.0 Å². The van der Waals surface area contributed by atoms with Crippen molar-refractivity contribution in [1.82, 2.24) is 19.3 Å². The van der Waals surface area contributed by atoms with E-state index < -0.39 is 37.6 Å². The van der Waals surface area contributed by atoms with Crippen LogP contribution in [0, 0.1) is 12.8 Å². The number of rotatable bonds is 6. The molecule has 1 amide bonds. The molecule has 0 N–H and O–H groups in total. The second-order valence-corrected chi connectivity index (χ2v) is 11.0. The topological polar surface area (TPSA) is 85.2 Å². The number of carbonyl (C=O) groups is 1. The molecular formula is C21H16Cl3F3N4O3S. The summed E-state index contributed by atoms with van der Waals surface area (Å²) in [5, 5.41) is 7.89. The van der Waals surface area contributed by atoms with Gasteiger partial charge < -0.3 is 0 Å². The predicted octanol–water partition coefficient (Wildman–Crippen LogP) is 5.80. The number of aromatic nitrogens is 3. The zero-order valence-electron chi connectivity index (χ0n) is 17.9. The van der Waals surface area contributed by atoms with E-state index in [0.29, 0.717) is 40.0 Å². The van der Waals surface area contributed by atoms with Crippen LogP contribution in [0.3, 0.4) is 0 Å². The number of sulfonamides is 1. The molecule has 186 valence electrons. The van der Waals surface area contributed by atoms with Gasteiger partial charge in [-0.25, -0.2) is 17.4 Å². The number of benzene rings is 2. The summed E-state index contributed by atoms with van der Waals surface area (Å²) >= 11 is 18.1. The average molecular weight is 568 g/mol. The molecule has 0 unspecified atom stereocenters. The molecule has 1 saturated carbocycles. The van der Waals surface area contributed by atoms with Crippen LogP contribution in [0.1, 0.15) is 34.6 Å². The van der Waals surface area contributed by atoms with Crippen LogP contribution >= 0.6 is 34.8 Å². The molecule has 1 fully saturated rings. The van der Waals surface area contributed by atoms with Gasteiger partial charge in [0.25, 0.3) is 15.9 Å². The number of carbonyl (C=O) groups excluding carboxylic acids is 1. The maximum atomic E-state index is 13.5. The van der Waals surface area contributed by atoms with Crippen LogP contribution in [-0.4, -0.2) is 40.2 Å². The van der Waals surface area contributed by atoms with Gasteiger partial charge in [-0.1, -0.05) is 40.0 Å². The third-order valence-electron chi connectivity index (χ3n) is 5.41. The first kappa shape index (κ1) is 25.7. The van der Waals surface area contributed by atoms with E-state index in [2.05, 4.69) is 10.3 Å². The first-order valence-corrected chi connectivity index (χ1v) is 12.7. The molecule has 3 aromatic rings. The number of nitrogens with zero attached hydrogens (tertiary/aromatic N) is 4. The van der Waals surface area contributed by atoms with Crippen LogP contribution < -0.4 is 0 Å². The van der Waals surface area contributed by atoms with Crippen molar-refractivity contribution in [2.75, 3.05) is 6.54 Å². The van der Waals surface area contributed by atoms with Crippen LogP contribution in [0.5, 0.6) is 0 Å². The highest BCUT2D eigenvalue weighted by Gasteiger charge is 2.40. The summed E-state index contributed by atoms with van der Waals surface area (Å²) in [6, 6.07) is 6.47. The number of alkyl halides is 3. The monoisotopic (exact) mass is 566 g/mol. The van der Waals surface area contributed by atoms with Crippen LogP contribution in [0.2, 0.25) is 15.1 Å². The molecule has 1 aromatic heterocycles. The summed E-state index contributed by atoms with van der Waals surface area (Å²) in [4.78, 5) is 12.6. The lowest BCUT2D eigenvalue weighted by Gasteiger charge is -2.23. The predicted molar refractivity (Wildman–Crippen MR) is 124 cm³/mol. The van der Waals surface area contributed by atoms with Crippen molar-refractivity contribution >= 4 is 50.7 Å². The molecule has 1 aliphatic carbocycles. The fraction of sp³-hybridized carbons (Fsp3) is 0.286. The van der Waals surface area contributed by atoms with E-state index in [9.17, 15) is 26.4 Å². The fourth-order valence-corrected chi connectivity index (χ4v) is 5.79. The van der Waals surface area contributed by atoms with Gasteiger partial charge in [0.15, 0.2) is 5.69 Å². The second kappa shape index (κ2) is 9.27. The number of halogens is 6. The fourth-order valence-electron chi connectivity index (χ4n) is 3.35. The molecule has 0 atom stereocenters. The van der Waals surface area contributed by atoms with Gasteiger partial charge in [-0.05, 0) is 62.1 Å². The summed E-state index contributed by atoms with van der Waals surface area (Å²) in [7, 11) is -4.77. The number of amides is 1. The number of hydrogen-bond acceptors (Lipinski definition) is 5. The van der Waals surface area contributed by atoms with Crippen LogP contribution in [0.25, 0.3) is 5.69 Å². The second-order valence-electron chi connectivity index (χ2n) is 7.96. The zero-order valence-corrected chi connectivity index (χ0v) is 20.9. The lowest BCUT2D eigenvalue weighted by atomic mass is 10.2. The van der Waals surface area contributed by atoms with Crippen molar-refractivity contribution < 1.29 is 26.4 Å². The molecule has 0 spiro atoms. The van der Waals surface area contributed by atoms with Crippen molar-refractivity contribution in [3.8, 4) is 5.69 Å². The third kappa shape index (κ3) is 5.13. The van der Waals surface area contributed by atoms with Crippen molar-refractivity contribution in [1.29, 1.82) is 0 Å². The molecule has 1 heterocycles. The first-order valence-electron chi connectivity index (χ1n) is 10.1. The van der Waals surface area contributed by atoms with E-state index in [1.54, 1.807) is 12.1 Å². The normalized spacial score (nSPS) is 14.3. The van der Waals surface area contributed by atoms with Crippen molar-refractivity contribution in [2.45, 2.75) is 30.8 Å². The largest absolute Gasteiger partial charge is 0.416 e. The molecule has 2 aromatic carbocycles. The minimum atomic E-state index is -4.81. The van der Waals surface area contributed by atoms with Gasteiger partial charge >= 0.3 is 6.18 Å². The summed E-state index contributed by atoms with van der Waals surface area (Å²) < 4.78 is 68.4. The van der Waals surface area contributed by atoms with E-state index >= 15 is 0 Å². The van der Waals surface area contributed by atoms with Gasteiger partial charge in [-0.2, -0.15) is 13.2 Å². The van der Waals surface area contributed by atoms with Crippen molar-refractivity contribution in [3.05, 3.63) is 68.4 Å². The zero-order chi connectivity index (χ0) is 25.7. The molecule has 0 saturated heterocycles. The lowest BCUT2D eigenvalue weighted by molar-refractivity contribution is -0.137. The Morgan fingerprint density at radius 1 is 1.11 bits per heavy atom. The van der Waals surface area contributed by atoms with Crippen molar-refractivity contribution in [3.63, 3.8) is 0 Å². The van der Waals surface area contributed by atoms with E-state index in [1.165, 1.54) is 17.7 Å². The Morgan fingerprint density at radius 2 is 1.80 bits per heavy atom. The lowest BCUT2D eigenvalue weighted by Crippen LogP contribution is -2.39. The smallest absolute Gasteiger partial charge is 0.266 e. The van der Waals surface area contributed by atoms with E-state index in [-0.39, 0.29) is 28.9 Å². The Hall–Kier alpha value is -2.34. The molecule has 4 rings (SSSR count). The van der Waals surface area contributed by atoms with Crippen molar-refractivity contribution in [2.24, 2.45) is 5.92 Å². The molecule has 0 radical (unpaired) electrons. The Morgan fingerprint density at radius 3 is 2.40 bits per heavy atom. The highest BCUT2D eigenvalue weighted by atomic mass is 35.5. The van der Waals surface area contributed by atoms with Crippen LogP contribution in [-0.2, 0) is 16.2 Å². The van der Waals surface area contributed by atoms with Gasteiger partial charge in [0, 0.05) is 11.6 Å². The Labute approximate surface area is 213 Å². The standard InChI is InChI=1S/C21H16Cl3F3N4O3S/c1-11-19(28-29-31(11)17-7-5-14(22)9-16(17)24)20(32)30(10-12-2-3-12)35(33,34)18-8-13(21(25,26)27)4-6-15(18)23/h4-9,12H,2-3,10H2,1H3. The maximum Gasteiger partial charge on any atom is 0.416 e. The maximum absolute atomic E-state index is 13.5. The van der Waals surface area contributed by atoms with Gasteiger partial charge in [0.2, 0.25) is 0 Å². The highest BCUT2D eigenvalue weighted by molar-refractivity contribution is 7.89.